The Morgan fingerprint density at radius 2 is 1.68 bits per heavy atom. The van der Waals surface area contributed by atoms with Crippen molar-refractivity contribution in [2.24, 2.45) is 5.73 Å². The summed E-state index contributed by atoms with van der Waals surface area (Å²) < 4.78 is 17.2. The summed E-state index contributed by atoms with van der Waals surface area (Å²) in [5.74, 6) is 0.741. The Morgan fingerprint density at radius 3 is 2.38 bits per heavy atom. The Hall–Kier alpha value is -4.24. The van der Waals surface area contributed by atoms with E-state index in [4.69, 9.17) is 19.9 Å². The summed E-state index contributed by atoms with van der Waals surface area (Å²) in [6, 6.07) is 22.2. The molecule has 1 heterocycles. The Kier molecular flexibility index (Phi) is 8.48. The number of ether oxygens (including phenoxy) is 3. The van der Waals surface area contributed by atoms with Crippen molar-refractivity contribution in [1.82, 2.24) is 0 Å². The average molecular weight is 497 g/mol. The first kappa shape index (κ1) is 25.8. The number of benzene rings is 3. The molecule has 6 nitrogen and oxygen atoms in total. The molecule has 0 bridgehead atoms. The van der Waals surface area contributed by atoms with Gasteiger partial charge in [-0.25, -0.2) is 4.79 Å². The zero-order valence-corrected chi connectivity index (χ0v) is 21.3. The lowest BCUT2D eigenvalue weighted by Crippen LogP contribution is -2.21. The molecule has 1 aliphatic heterocycles. The molecule has 190 valence electrons. The number of carbonyl (C=O) groups is 1. The van der Waals surface area contributed by atoms with Gasteiger partial charge in [-0.05, 0) is 49.2 Å². The van der Waals surface area contributed by atoms with Crippen LogP contribution >= 0.6 is 0 Å². The predicted octanol–water partition coefficient (Wildman–Crippen LogP) is 6.78. The molecule has 0 fully saturated rings. The molecule has 0 aromatic heterocycles. The van der Waals surface area contributed by atoms with Crippen molar-refractivity contribution in [3.05, 3.63) is 100 Å². The van der Waals surface area contributed by atoms with Gasteiger partial charge in [-0.3, -0.25) is 0 Å². The molecule has 0 spiro atoms. The van der Waals surface area contributed by atoms with Gasteiger partial charge >= 0.3 is 5.97 Å². The molecule has 1 unspecified atom stereocenters. The van der Waals surface area contributed by atoms with Crippen LogP contribution in [0.25, 0.3) is 0 Å². The van der Waals surface area contributed by atoms with E-state index in [1.807, 2.05) is 49.4 Å². The smallest absolute Gasteiger partial charge is 0.343 e. The summed E-state index contributed by atoms with van der Waals surface area (Å²) in [7, 11) is 0. The van der Waals surface area contributed by atoms with Gasteiger partial charge in [0.05, 0.1) is 18.1 Å². The molecular formula is C31H32N2O4. The van der Waals surface area contributed by atoms with Crippen molar-refractivity contribution >= 4 is 5.97 Å². The maximum Gasteiger partial charge on any atom is 0.343 e. The maximum atomic E-state index is 12.6. The van der Waals surface area contributed by atoms with Crippen molar-refractivity contribution in [3.8, 4) is 23.3 Å². The van der Waals surface area contributed by atoms with Crippen molar-refractivity contribution in [3.63, 3.8) is 0 Å². The summed E-state index contributed by atoms with van der Waals surface area (Å²) in [6.07, 6.45) is 5.92. The van der Waals surface area contributed by atoms with Crippen LogP contribution in [0.15, 0.2) is 78.2 Å². The minimum Gasteiger partial charge on any atom is -0.494 e. The van der Waals surface area contributed by atoms with Crippen LogP contribution in [-0.4, -0.2) is 12.6 Å². The fraction of sp³-hybridized carbons (Fsp3) is 0.290. The molecule has 1 atom stereocenters. The minimum absolute atomic E-state index is 0.0365. The second-order valence-electron chi connectivity index (χ2n) is 9.21. The van der Waals surface area contributed by atoms with Gasteiger partial charge in [-0.1, -0.05) is 68.5 Å². The largest absolute Gasteiger partial charge is 0.494 e. The highest BCUT2D eigenvalue weighted by Gasteiger charge is 2.31. The lowest BCUT2D eigenvalue weighted by Gasteiger charge is -2.26. The van der Waals surface area contributed by atoms with E-state index in [1.54, 1.807) is 24.3 Å². The Bertz CT molecular complexity index is 1300. The summed E-state index contributed by atoms with van der Waals surface area (Å²) in [5.41, 5.74) is 9.65. The first-order valence-electron chi connectivity index (χ1n) is 12.7. The third-order valence-corrected chi connectivity index (χ3v) is 6.42. The van der Waals surface area contributed by atoms with Crippen LogP contribution < -0.4 is 19.9 Å². The molecule has 0 radical (unpaired) electrons. The van der Waals surface area contributed by atoms with Crippen LogP contribution in [0.5, 0.6) is 17.2 Å². The number of nitrogens with two attached hydrogens (primary N) is 1. The number of nitriles is 1. The van der Waals surface area contributed by atoms with E-state index in [0.29, 0.717) is 29.2 Å². The van der Waals surface area contributed by atoms with Crippen LogP contribution in [0, 0.1) is 18.3 Å². The van der Waals surface area contributed by atoms with Gasteiger partial charge in [0.2, 0.25) is 5.88 Å². The summed E-state index contributed by atoms with van der Waals surface area (Å²) >= 11 is 0. The van der Waals surface area contributed by atoms with E-state index in [-0.39, 0.29) is 5.88 Å². The number of nitrogens with zero attached hydrogens (tertiary/aromatic N) is 1. The lowest BCUT2D eigenvalue weighted by atomic mass is 9.83. The van der Waals surface area contributed by atoms with Crippen LogP contribution in [-0.2, 0) is 0 Å². The molecule has 3 aromatic carbocycles. The Morgan fingerprint density at radius 1 is 0.973 bits per heavy atom. The summed E-state index contributed by atoms with van der Waals surface area (Å²) in [6.45, 7) is 4.84. The molecule has 0 saturated heterocycles. The molecule has 6 heteroatoms. The number of esters is 1. The maximum absolute atomic E-state index is 12.6. The number of unbranched alkanes of at least 4 members (excludes halogenated alkanes) is 4. The van der Waals surface area contributed by atoms with Crippen molar-refractivity contribution in [1.29, 1.82) is 5.26 Å². The molecule has 4 rings (SSSR count). The highest BCUT2D eigenvalue weighted by atomic mass is 16.5. The monoisotopic (exact) mass is 496 g/mol. The standard InChI is InChI=1S/C31H32N2O4/c1-3-4-5-6-7-18-35-24-14-12-22(13-15-24)29-26-17-16-25(19-28(26)37-30(33)27(29)20-32)36-31(34)23-10-8-21(2)9-11-23/h8-17,19,29H,3-7,18,33H2,1-2H3. The Balaban J connectivity index is 1.50. The second kappa shape index (κ2) is 12.1. The van der Waals surface area contributed by atoms with Crippen molar-refractivity contribution < 1.29 is 19.0 Å². The number of aryl methyl sites for hydroxylation is 1. The zero-order chi connectivity index (χ0) is 26.2. The van der Waals surface area contributed by atoms with Gasteiger partial charge in [0.15, 0.2) is 0 Å². The third-order valence-electron chi connectivity index (χ3n) is 6.42. The van der Waals surface area contributed by atoms with Crippen molar-refractivity contribution in [2.75, 3.05) is 6.61 Å². The van der Waals surface area contributed by atoms with Crippen molar-refractivity contribution in [2.45, 2.75) is 51.9 Å². The molecule has 0 amide bonds. The SMILES string of the molecule is CCCCCCCOc1ccc(C2C(C#N)=C(N)Oc3cc(OC(=O)c4ccc(C)cc4)ccc32)cc1. The third kappa shape index (κ3) is 6.31. The number of carbonyl (C=O) groups excluding carboxylic acids is 1. The zero-order valence-electron chi connectivity index (χ0n) is 21.3. The highest BCUT2D eigenvalue weighted by molar-refractivity contribution is 5.91. The normalized spacial score (nSPS) is 14.4. The van der Waals surface area contributed by atoms with Crippen LogP contribution in [0.2, 0.25) is 0 Å². The molecule has 1 aliphatic rings. The van der Waals surface area contributed by atoms with E-state index in [0.717, 1.165) is 28.9 Å². The van der Waals surface area contributed by atoms with Crippen LogP contribution in [0.1, 0.15) is 72.0 Å². The number of hydrogen-bond donors (Lipinski definition) is 1. The first-order chi connectivity index (χ1) is 18.0. The quantitative estimate of drug-likeness (QED) is 0.189. The van der Waals surface area contributed by atoms with E-state index in [1.165, 1.54) is 25.7 Å². The minimum atomic E-state index is -0.463. The molecule has 2 N–H and O–H groups in total. The number of rotatable bonds is 10. The number of hydrogen-bond acceptors (Lipinski definition) is 6. The van der Waals surface area contributed by atoms with Gasteiger partial charge in [0.25, 0.3) is 0 Å². The summed E-state index contributed by atoms with van der Waals surface area (Å²) in [4.78, 5) is 12.6. The molecular weight excluding hydrogens is 464 g/mol. The number of fused-ring (bicyclic) bond motifs is 1. The molecule has 37 heavy (non-hydrogen) atoms. The average Bonchev–Trinajstić information content (AvgIpc) is 2.90. The first-order valence-corrected chi connectivity index (χ1v) is 12.7. The van der Waals surface area contributed by atoms with Crippen LogP contribution in [0.3, 0.4) is 0 Å². The highest BCUT2D eigenvalue weighted by Crippen LogP contribution is 2.43. The van der Waals surface area contributed by atoms with E-state index in [2.05, 4.69) is 13.0 Å². The van der Waals surface area contributed by atoms with Crippen LogP contribution in [0.4, 0.5) is 0 Å². The van der Waals surface area contributed by atoms with E-state index >= 15 is 0 Å². The molecule has 0 aliphatic carbocycles. The van der Waals surface area contributed by atoms with E-state index < -0.39 is 11.9 Å². The molecule has 3 aromatic rings. The predicted molar refractivity (Wildman–Crippen MR) is 143 cm³/mol. The number of allylic oxidation sites excluding steroid dienone is 1. The van der Waals surface area contributed by atoms with Gasteiger partial charge in [-0.2, -0.15) is 5.26 Å². The van der Waals surface area contributed by atoms with Gasteiger partial charge in [0, 0.05) is 11.6 Å². The van der Waals surface area contributed by atoms with Gasteiger partial charge in [0.1, 0.15) is 28.9 Å². The summed E-state index contributed by atoms with van der Waals surface area (Å²) in [5, 5.41) is 9.84. The van der Waals surface area contributed by atoms with Gasteiger partial charge in [-0.15, -0.1) is 0 Å². The lowest BCUT2D eigenvalue weighted by molar-refractivity contribution is 0.0734. The Labute approximate surface area is 218 Å². The van der Waals surface area contributed by atoms with Gasteiger partial charge < -0.3 is 19.9 Å². The molecule has 0 saturated carbocycles. The van der Waals surface area contributed by atoms with E-state index in [9.17, 15) is 10.1 Å². The topological polar surface area (TPSA) is 94.6 Å². The fourth-order valence-corrected chi connectivity index (χ4v) is 4.35. The second-order valence-corrected chi connectivity index (χ2v) is 9.21. The fourth-order valence-electron chi connectivity index (χ4n) is 4.35.